The van der Waals surface area contributed by atoms with Crippen molar-refractivity contribution in [3.8, 4) is 0 Å². The number of aliphatic hydroxyl groups excluding tert-OH is 11. The molecule has 17 atom stereocenters. The third-order valence-electron chi connectivity index (χ3n) is 15.3. The number of hydrogen-bond donors (Lipinski definition) is 12. The van der Waals surface area contributed by atoms with Gasteiger partial charge in [-0.2, -0.15) is 0 Å². The molecule has 466 valence electrons. The number of allylic oxidation sites excluding steroid dienone is 7. The molecule has 0 aromatic carbocycles. The summed E-state index contributed by atoms with van der Waals surface area (Å²) in [5.41, 5.74) is 0. The first kappa shape index (κ1) is 72.0. The van der Waals surface area contributed by atoms with Crippen LogP contribution in [-0.2, 0) is 33.2 Å². The van der Waals surface area contributed by atoms with Crippen LogP contribution in [0.15, 0.2) is 48.6 Å². The normalized spacial score (nSPS) is 30.3. The number of carbonyl (C=O) groups excluding carboxylic acids is 1. The van der Waals surface area contributed by atoms with Crippen molar-refractivity contribution in [2.75, 3.05) is 26.4 Å². The van der Waals surface area contributed by atoms with Crippen LogP contribution in [0.5, 0.6) is 0 Å². The Morgan fingerprint density at radius 3 is 1.34 bits per heavy atom. The molecule has 0 radical (unpaired) electrons. The van der Waals surface area contributed by atoms with Crippen molar-refractivity contribution < 1.29 is 89.4 Å². The van der Waals surface area contributed by atoms with Gasteiger partial charge in [-0.05, 0) is 64.2 Å². The van der Waals surface area contributed by atoms with E-state index in [2.05, 4.69) is 55.6 Å². The SMILES string of the molecule is CCCCCC/C=C\C/C=C\CCCCCCCCCC(=O)NC(COC1OC(CO)C(OC2OC(CO)C(OC3OC(CO)C(O)C(O)C3O)C(O)C2O)C(O)C1O)C(O)/C=C/CC/C=C/CCCCCCCCCCCCC. The Labute approximate surface area is 478 Å². The minimum absolute atomic E-state index is 0.225. The first-order chi connectivity index (χ1) is 38.8. The minimum atomic E-state index is -1.98. The highest BCUT2D eigenvalue weighted by Gasteiger charge is 2.53. The molecule has 3 fully saturated rings. The van der Waals surface area contributed by atoms with Crippen molar-refractivity contribution in [1.82, 2.24) is 5.32 Å². The Bertz CT molecular complexity index is 1650. The van der Waals surface area contributed by atoms with E-state index in [4.69, 9.17) is 28.4 Å². The molecule has 80 heavy (non-hydrogen) atoms. The van der Waals surface area contributed by atoms with Crippen molar-refractivity contribution in [2.45, 2.75) is 304 Å². The summed E-state index contributed by atoms with van der Waals surface area (Å²) >= 11 is 0. The summed E-state index contributed by atoms with van der Waals surface area (Å²) in [5.74, 6) is -0.295. The van der Waals surface area contributed by atoms with Crippen LogP contribution in [0.4, 0.5) is 0 Å². The van der Waals surface area contributed by atoms with E-state index in [1.807, 2.05) is 6.08 Å². The van der Waals surface area contributed by atoms with Gasteiger partial charge in [0.05, 0.1) is 38.6 Å². The largest absolute Gasteiger partial charge is 0.394 e. The van der Waals surface area contributed by atoms with Gasteiger partial charge in [-0.15, -0.1) is 0 Å². The molecule has 3 aliphatic heterocycles. The molecule has 19 nitrogen and oxygen atoms in total. The van der Waals surface area contributed by atoms with Crippen LogP contribution in [0.3, 0.4) is 0 Å². The standard InChI is InChI=1S/C61H109NO18/c1-3-5-7-9-11-13-15-17-19-21-23-25-27-29-31-33-35-37-39-49(67)62-44(45(66)38-36-34-32-30-28-26-24-22-20-18-16-14-12-10-8-6-4-2)43-75-59-55(73)52(70)57(47(41-64)77-59)80-61-56(74)53(71)58(48(42-65)78-61)79-60-54(72)51(69)50(68)46(40-63)76-60/h13,15,19,21,28,30,36,38,44-48,50-61,63-66,68-74H,3-12,14,16-18,20,22-27,29,31-35,37,39-43H2,1-2H3,(H,62,67)/b15-13-,21-19-,30-28+,38-36+. The average Bonchev–Trinajstić information content (AvgIpc) is 3.50. The molecular formula is C61H109NO18. The summed E-state index contributed by atoms with van der Waals surface area (Å²) in [6.07, 6.45) is 22.3. The molecule has 3 rings (SSSR count). The summed E-state index contributed by atoms with van der Waals surface area (Å²) in [7, 11) is 0. The van der Waals surface area contributed by atoms with Gasteiger partial charge in [0, 0.05) is 6.42 Å². The maximum absolute atomic E-state index is 13.3. The van der Waals surface area contributed by atoms with Crippen molar-refractivity contribution in [2.24, 2.45) is 0 Å². The van der Waals surface area contributed by atoms with E-state index >= 15 is 0 Å². The number of ether oxygens (including phenoxy) is 6. The lowest BCUT2D eigenvalue weighted by atomic mass is 9.96. The first-order valence-corrected chi connectivity index (χ1v) is 30.9. The zero-order chi connectivity index (χ0) is 58.3. The van der Waals surface area contributed by atoms with E-state index in [0.717, 1.165) is 77.0 Å². The van der Waals surface area contributed by atoms with Crippen molar-refractivity contribution in [1.29, 1.82) is 0 Å². The van der Waals surface area contributed by atoms with E-state index < -0.39 is 124 Å². The van der Waals surface area contributed by atoms with Gasteiger partial charge in [-0.1, -0.05) is 178 Å². The molecule has 3 saturated heterocycles. The molecule has 0 spiro atoms. The van der Waals surface area contributed by atoms with Gasteiger partial charge < -0.3 is 89.9 Å². The van der Waals surface area contributed by atoms with Gasteiger partial charge in [-0.25, -0.2) is 0 Å². The molecule has 0 saturated carbocycles. The second-order valence-corrected chi connectivity index (χ2v) is 22.2. The van der Waals surface area contributed by atoms with E-state index in [1.165, 1.54) is 89.9 Å². The van der Waals surface area contributed by atoms with Crippen LogP contribution in [0.1, 0.15) is 200 Å². The third kappa shape index (κ3) is 27.6. The zero-order valence-electron chi connectivity index (χ0n) is 48.5. The first-order valence-electron chi connectivity index (χ1n) is 30.9. The lowest BCUT2D eigenvalue weighted by molar-refractivity contribution is -0.379. The Morgan fingerprint density at radius 1 is 0.450 bits per heavy atom. The van der Waals surface area contributed by atoms with Gasteiger partial charge in [0.2, 0.25) is 5.91 Å². The summed E-state index contributed by atoms with van der Waals surface area (Å²) in [5, 5.41) is 120. The van der Waals surface area contributed by atoms with Crippen LogP contribution in [0.25, 0.3) is 0 Å². The summed E-state index contributed by atoms with van der Waals surface area (Å²) in [6.45, 7) is 1.67. The number of amides is 1. The smallest absolute Gasteiger partial charge is 0.220 e. The Morgan fingerprint density at radius 2 is 0.838 bits per heavy atom. The summed E-state index contributed by atoms with van der Waals surface area (Å²) < 4.78 is 34.2. The number of aliphatic hydroxyl groups is 11. The van der Waals surface area contributed by atoms with Crippen LogP contribution in [-0.4, -0.2) is 193 Å². The van der Waals surface area contributed by atoms with Crippen LogP contribution in [0, 0.1) is 0 Å². The summed E-state index contributed by atoms with van der Waals surface area (Å²) in [6, 6.07) is -0.994. The molecule has 1 amide bonds. The van der Waals surface area contributed by atoms with Gasteiger partial charge in [0.15, 0.2) is 18.9 Å². The van der Waals surface area contributed by atoms with Crippen LogP contribution in [0.2, 0.25) is 0 Å². The lowest BCUT2D eigenvalue weighted by Crippen LogP contribution is -2.66. The molecule has 0 bridgehead atoms. The lowest BCUT2D eigenvalue weighted by Gasteiger charge is -2.48. The van der Waals surface area contributed by atoms with Crippen molar-refractivity contribution >= 4 is 5.91 Å². The minimum Gasteiger partial charge on any atom is -0.394 e. The van der Waals surface area contributed by atoms with Gasteiger partial charge >= 0.3 is 0 Å². The number of rotatable bonds is 45. The molecule has 17 unspecified atom stereocenters. The predicted molar refractivity (Wildman–Crippen MR) is 305 cm³/mol. The van der Waals surface area contributed by atoms with Gasteiger partial charge in [0.1, 0.15) is 73.2 Å². The number of unbranched alkanes of at least 4 members (excludes halogenated alkanes) is 23. The Kier molecular flexibility index (Phi) is 39.8. The quantitative estimate of drug-likeness (QED) is 0.0250. The molecule has 0 aromatic heterocycles. The number of carbonyl (C=O) groups is 1. The molecule has 0 aromatic rings. The number of nitrogens with one attached hydrogen (secondary N) is 1. The maximum Gasteiger partial charge on any atom is 0.220 e. The maximum atomic E-state index is 13.3. The van der Waals surface area contributed by atoms with Crippen LogP contribution < -0.4 is 5.32 Å². The fraction of sp³-hybridized carbons (Fsp3) is 0.852. The van der Waals surface area contributed by atoms with E-state index in [1.54, 1.807) is 6.08 Å². The molecule has 12 N–H and O–H groups in total. The topological polar surface area (TPSA) is 307 Å². The third-order valence-corrected chi connectivity index (χ3v) is 15.3. The summed E-state index contributed by atoms with van der Waals surface area (Å²) in [4.78, 5) is 13.3. The van der Waals surface area contributed by atoms with Crippen molar-refractivity contribution in [3.05, 3.63) is 48.6 Å². The second-order valence-electron chi connectivity index (χ2n) is 22.2. The Balaban J connectivity index is 1.51. The van der Waals surface area contributed by atoms with Crippen molar-refractivity contribution in [3.63, 3.8) is 0 Å². The molecule has 0 aliphatic carbocycles. The molecular weight excluding hydrogens is 1030 g/mol. The highest BCUT2D eigenvalue weighted by molar-refractivity contribution is 5.76. The van der Waals surface area contributed by atoms with E-state index in [9.17, 15) is 61.0 Å². The van der Waals surface area contributed by atoms with E-state index in [0.29, 0.717) is 12.8 Å². The average molecular weight is 1140 g/mol. The highest BCUT2D eigenvalue weighted by atomic mass is 16.8. The number of hydrogen-bond acceptors (Lipinski definition) is 18. The van der Waals surface area contributed by atoms with E-state index in [-0.39, 0.29) is 18.9 Å². The fourth-order valence-electron chi connectivity index (χ4n) is 10.2. The second kappa shape index (κ2) is 44.3. The fourth-order valence-corrected chi connectivity index (χ4v) is 10.2. The molecule has 3 aliphatic rings. The monoisotopic (exact) mass is 1140 g/mol. The Hall–Kier alpha value is -2.25. The van der Waals surface area contributed by atoms with Crippen LogP contribution >= 0.6 is 0 Å². The zero-order valence-corrected chi connectivity index (χ0v) is 48.5. The predicted octanol–water partition coefficient (Wildman–Crippen LogP) is 5.87. The molecule has 19 heteroatoms. The van der Waals surface area contributed by atoms with Gasteiger partial charge in [-0.3, -0.25) is 4.79 Å². The highest BCUT2D eigenvalue weighted by Crippen LogP contribution is 2.33. The molecule has 3 heterocycles. The van der Waals surface area contributed by atoms with Gasteiger partial charge in [0.25, 0.3) is 0 Å².